The van der Waals surface area contributed by atoms with Crippen molar-refractivity contribution in [1.29, 1.82) is 5.26 Å². The number of benzene rings is 1. The highest BCUT2D eigenvalue weighted by atomic mass is 32.1. The summed E-state index contributed by atoms with van der Waals surface area (Å²) in [5.74, 6) is -0.392. The van der Waals surface area contributed by atoms with Crippen molar-refractivity contribution in [1.82, 2.24) is 9.78 Å². The fraction of sp³-hybridized carbons (Fsp3) is 0.333. The summed E-state index contributed by atoms with van der Waals surface area (Å²) >= 11 is 1.48. The van der Waals surface area contributed by atoms with E-state index in [1.807, 2.05) is 6.92 Å². The van der Waals surface area contributed by atoms with E-state index in [9.17, 15) is 14.9 Å². The number of nitrogens with zero attached hydrogens (tertiary/aromatic N) is 3. The molecule has 0 bridgehead atoms. The van der Waals surface area contributed by atoms with Gasteiger partial charge in [0.2, 0.25) is 0 Å². The van der Waals surface area contributed by atoms with Gasteiger partial charge in [0.25, 0.3) is 11.5 Å². The van der Waals surface area contributed by atoms with Crippen molar-refractivity contribution in [3.63, 3.8) is 0 Å². The van der Waals surface area contributed by atoms with Crippen molar-refractivity contribution in [2.24, 2.45) is 0 Å². The standard InChI is InChI=1S/C21H20N4O2S/c1-2-11-25-21(27)15-9-4-3-8-14(15)18(24-25)19(26)23-20-16(12-22)13-7-5-6-10-17(13)28-20/h3-4,8-9H,2,5-7,10-11H2,1H3,(H,23,26). The Hall–Kier alpha value is -2.98. The van der Waals surface area contributed by atoms with E-state index in [0.29, 0.717) is 27.9 Å². The molecule has 0 spiro atoms. The van der Waals surface area contributed by atoms with Gasteiger partial charge >= 0.3 is 0 Å². The summed E-state index contributed by atoms with van der Waals surface area (Å²) in [4.78, 5) is 26.9. The van der Waals surface area contributed by atoms with Gasteiger partial charge in [0, 0.05) is 16.8 Å². The summed E-state index contributed by atoms with van der Waals surface area (Å²) < 4.78 is 1.35. The van der Waals surface area contributed by atoms with Crippen LogP contribution in [0.4, 0.5) is 5.00 Å². The summed E-state index contributed by atoms with van der Waals surface area (Å²) in [6.07, 6.45) is 4.75. The molecule has 0 saturated carbocycles. The molecule has 0 atom stereocenters. The summed E-state index contributed by atoms with van der Waals surface area (Å²) in [5.41, 5.74) is 1.65. The topological polar surface area (TPSA) is 87.8 Å². The van der Waals surface area contributed by atoms with E-state index in [1.165, 1.54) is 20.9 Å². The molecule has 0 radical (unpaired) electrons. The average Bonchev–Trinajstić information content (AvgIpc) is 3.07. The van der Waals surface area contributed by atoms with Gasteiger partial charge in [-0.15, -0.1) is 11.3 Å². The zero-order valence-corrected chi connectivity index (χ0v) is 16.4. The predicted octanol–water partition coefficient (Wildman–Crippen LogP) is 3.87. The first kappa shape index (κ1) is 18.4. The largest absolute Gasteiger partial charge is 0.311 e. The maximum Gasteiger partial charge on any atom is 0.277 e. The zero-order valence-electron chi connectivity index (χ0n) is 15.6. The lowest BCUT2D eigenvalue weighted by Gasteiger charge is -2.10. The molecule has 1 amide bonds. The number of hydrogen-bond donors (Lipinski definition) is 1. The lowest BCUT2D eigenvalue weighted by molar-refractivity contribution is 0.102. The molecule has 2 heterocycles. The number of hydrogen-bond acceptors (Lipinski definition) is 5. The number of fused-ring (bicyclic) bond motifs is 2. The third-order valence-corrected chi connectivity index (χ3v) is 6.24. The van der Waals surface area contributed by atoms with E-state index in [0.717, 1.165) is 37.7 Å². The van der Waals surface area contributed by atoms with Crippen LogP contribution in [0.3, 0.4) is 0 Å². The average molecular weight is 392 g/mol. The second kappa shape index (κ2) is 7.56. The molecule has 0 fully saturated rings. The Morgan fingerprint density at radius 3 is 2.79 bits per heavy atom. The van der Waals surface area contributed by atoms with Crippen molar-refractivity contribution in [2.75, 3.05) is 5.32 Å². The molecule has 6 nitrogen and oxygen atoms in total. The van der Waals surface area contributed by atoms with Gasteiger partial charge in [0.1, 0.15) is 11.1 Å². The second-order valence-corrected chi connectivity index (χ2v) is 8.01. The number of carbonyl (C=O) groups is 1. The van der Waals surface area contributed by atoms with Gasteiger partial charge < -0.3 is 5.32 Å². The summed E-state index contributed by atoms with van der Waals surface area (Å²) in [6.45, 7) is 2.40. The highest BCUT2D eigenvalue weighted by Crippen LogP contribution is 2.37. The lowest BCUT2D eigenvalue weighted by Crippen LogP contribution is -2.27. The Morgan fingerprint density at radius 2 is 2.04 bits per heavy atom. The quantitative estimate of drug-likeness (QED) is 0.730. The number of carbonyl (C=O) groups excluding carboxylic acids is 1. The molecule has 4 rings (SSSR count). The number of nitrogens with one attached hydrogen (secondary N) is 1. The van der Waals surface area contributed by atoms with E-state index in [-0.39, 0.29) is 11.3 Å². The third kappa shape index (κ3) is 3.10. The smallest absolute Gasteiger partial charge is 0.277 e. The van der Waals surface area contributed by atoms with Gasteiger partial charge in [-0.1, -0.05) is 25.1 Å². The lowest BCUT2D eigenvalue weighted by atomic mass is 9.96. The Morgan fingerprint density at radius 1 is 1.29 bits per heavy atom. The van der Waals surface area contributed by atoms with Crippen molar-refractivity contribution < 1.29 is 4.79 Å². The number of rotatable bonds is 4. The molecule has 1 N–H and O–H groups in total. The maximum absolute atomic E-state index is 13.1. The van der Waals surface area contributed by atoms with Crippen LogP contribution >= 0.6 is 11.3 Å². The van der Waals surface area contributed by atoms with Crippen LogP contribution in [0.1, 0.15) is 52.7 Å². The highest BCUT2D eigenvalue weighted by molar-refractivity contribution is 7.16. The minimum Gasteiger partial charge on any atom is -0.311 e. The summed E-state index contributed by atoms with van der Waals surface area (Å²) in [5, 5.41) is 18.4. The van der Waals surface area contributed by atoms with Crippen molar-refractivity contribution in [2.45, 2.75) is 45.6 Å². The van der Waals surface area contributed by atoms with E-state index >= 15 is 0 Å². The van der Waals surface area contributed by atoms with Crippen LogP contribution in [-0.2, 0) is 19.4 Å². The van der Waals surface area contributed by atoms with E-state index in [2.05, 4.69) is 16.5 Å². The molecular formula is C21H20N4O2S. The van der Waals surface area contributed by atoms with E-state index in [4.69, 9.17) is 0 Å². The third-order valence-electron chi connectivity index (χ3n) is 5.03. The normalized spacial score (nSPS) is 13.1. The van der Waals surface area contributed by atoms with Crippen molar-refractivity contribution >= 4 is 33.0 Å². The number of aryl methyl sites for hydroxylation is 2. The van der Waals surface area contributed by atoms with Crippen LogP contribution in [0.15, 0.2) is 29.1 Å². The van der Waals surface area contributed by atoms with Crippen LogP contribution in [0.2, 0.25) is 0 Å². The molecule has 7 heteroatoms. The fourth-order valence-corrected chi connectivity index (χ4v) is 4.94. The van der Waals surface area contributed by atoms with Gasteiger partial charge in [0.05, 0.1) is 10.9 Å². The first-order chi connectivity index (χ1) is 13.6. The van der Waals surface area contributed by atoms with Crippen molar-refractivity contribution in [3.05, 3.63) is 56.3 Å². The monoisotopic (exact) mass is 392 g/mol. The van der Waals surface area contributed by atoms with Gasteiger partial charge in [-0.2, -0.15) is 10.4 Å². The van der Waals surface area contributed by atoms with E-state index in [1.54, 1.807) is 24.3 Å². The molecule has 142 valence electrons. The molecule has 2 aromatic heterocycles. The molecule has 3 aromatic rings. The first-order valence-electron chi connectivity index (χ1n) is 9.50. The molecule has 0 saturated heterocycles. The minimum atomic E-state index is -0.392. The fourth-order valence-electron chi connectivity index (χ4n) is 3.70. The molecule has 28 heavy (non-hydrogen) atoms. The summed E-state index contributed by atoms with van der Waals surface area (Å²) in [6, 6.07) is 9.28. The Kier molecular flexibility index (Phi) is 4.97. The Bertz CT molecular complexity index is 1170. The first-order valence-corrected chi connectivity index (χ1v) is 10.3. The predicted molar refractivity (Wildman–Crippen MR) is 110 cm³/mol. The van der Waals surface area contributed by atoms with E-state index < -0.39 is 5.91 Å². The van der Waals surface area contributed by atoms with Crippen LogP contribution < -0.4 is 10.9 Å². The molecule has 0 unspecified atom stereocenters. The van der Waals surface area contributed by atoms with Crippen LogP contribution in [0.25, 0.3) is 10.8 Å². The molecule has 1 aliphatic rings. The SMILES string of the molecule is CCCn1nc(C(=O)Nc2sc3c(c2C#N)CCCC3)c2ccccc2c1=O. The number of amides is 1. The summed E-state index contributed by atoms with van der Waals surface area (Å²) in [7, 11) is 0. The molecule has 1 aliphatic carbocycles. The Labute approximate surface area is 166 Å². The zero-order chi connectivity index (χ0) is 19.7. The number of anilines is 1. The number of aromatic nitrogens is 2. The number of thiophene rings is 1. The van der Waals surface area contributed by atoms with Crippen LogP contribution in [-0.4, -0.2) is 15.7 Å². The van der Waals surface area contributed by atoms with Crippen LogP contribution in [0, 0.1) is 11.3 Å². The molecule has 0 aliphatic heterocycles. The second-order valence-electron chi connectivity index (χ2n) is 6.90. The highest BCUT2D eigenvalue weighted by Gasteiger charge is 2.23. The van der Waals surface area contributed by atoms with Gasteiger partial charge in [-0.25, -0.2) is 4.68 Å². The maximum atomic E-state index is 13.1. The van der Waals surface area contributed by atoms with Crippen molar-refractivity contribution in [3.8, 4) is 6.07 Å². The van der Waals surface area contributed by atoms with Gasteiger partial charge in [-0.05, 0) is 43.7 Å². The van der Waals surface area contributed by atoms with Gasteiger partial charge in [-0.3, -0.25) is 9.59 Å². The Balaban J connectivity index is 1.78. The van der Waals surface area contributed by atoms with Gasteiger partial charge in [0.15, 0.2) is 5.69 Å². The molecular weight excluding hydrogens is 372 g/mol. The van der Waals surface area contributed by atoms with Crippen LogP contribution in [0.5, 0.6) is 0 Å². The minimum absolute atomic E-state index is 0.196. The number of nitriles is 1. The molecule has 1 aromatic carbocycles.